The summed E-state index contributed by atoms with van der Waals surface area (Å²) in [7, 11) is 4.11. The standard InChI is InChI=1S/C13H22N2/c1-10-6-7-13(12(3)11(10)2)8-15(5)9-14-4/h6-7,14H,8-9H2,1-5H3. The Morgan fingerprint density at radius 3 is 2.40 bits per heavy atom. The number of hydrogen-bond acceptors (Lipinski definition) is 2. The fourth-order valence-electron chi connectivity index (χ4n) is 1.80. The van der Waals surface area contributed by atoms with Crippen molar-refractivity contribution in [2.45, 2.75) is 27.3 Å². The van der Waals surface area contributed by atoms with E-state index in [2.05, 4.69) is 50.2 Å². The van der Waals surface area contributed by atoms with E-state index in [-0.39, 0.29) is 0 Å². The molecule has 0 aliphatic rings. The van der Waals surface area contributed by atoms with Crippen LogP contribution < -0.4 is 5.32 Å². The first-order chi connectivity index (χ1) is 7.06. The molecule has 2 nitrogen and oxygen atoms in total. The first kappa shape index (κ1) is 12.2. The van der Waals surface area contributed by atoms with Gasteiger partial charge in [-0.05, 0) is 57.1 Å². The fraction of sp³-hybridized carbons (Fsp3) is 0.538. The molecule has 0 aromatic heterocycles. The molecule has 0 bridgehead atoms. The third-order valence-corrected chi connectivity index (χ3v) is 3.04. The van der Waals surface area contributed by atoms with Gasteiger partial charge < -0.3 is 5.32 Å². The van der Waals surface area contributed by atoms with Crippen LogP contribution in [0.1, 0.15) is 22.3 Å². The van der Waals surface area contributed by atoms with Crippen molar-refractivity contribution in [2.24, 2.45) is 0 Å². The van der Waals surface area contributed by atoms with E-state index < -0.39 is 0 Å². The number of nitrogens with one attached hydrogen (secondary N) is 1. The summed E-state index contributed by atoms with van der Waals surface area (Å²) in [5.74, 6) is 0. The molecule has 1 aromatic rings. The lowest BCUT2D eigenvalue weighted by Gasteiger charge is -2.19. The van der Waals surface area contributed by atoms with Crippen LogP contribution in [0.2, 0.25) is 0 Å². The number of nitrogens with zero attached hydrogens (tertiary/aromatic N) is 1. The molecule has 0 heterocycles. The highest BCUT2D eigenvalue weighted by molar-refractivity contribution is 5.38. The maximum atomic E-state index is 3.16. The third-order valence-electron chi connectivity index (χ3n) is 3.04. The molecule has 1 rings (SSSR count). The summed E-state index contributed by atoms with van der Waals surface area (Å²) in [5.41, 5.74) is 5.66. The second-order valence-electron chi connectivity index (χ2n) is 4.32. The molecule has 0 spiro atoms. The summed E-state index contributed by atoms with van der Waals surface area (Å²) in [4.78, 5) is 2.27. The van der Waals surface area contributed by atoms with Gasteiger partial charge in [-0.1, -0.05) is 12.1 Å². The predicted molar refractivity (Wildman–Crippen MR) is 66.0 cm³/mol. The quantitative estimate of drug-likeness (QED) is 0.760. The molecule has 0 saturated heterocycles. The molecule has 0 amide bonds. The van der Waals surface area contributed by atoms with E-state index in [1.54, 1.807) is 0 Å². The fourth-order valence-corrected chi connectivity index (χ4v) is 1.80. The number of aryl methyl sites for hydroxylation is 1. The molecule has 0 atom stereocenters. The zero-order valence-electron chi connectivity index (χ0n) is 10.5. The highest BCUT2D eigenvalue weighted by Crippen LogP contribution is 2.17. The van der Waals surface area contributed by atoms with Gasteiger partial charge in [0, 0.05) is 13.2 Å². The van der Waals surface area contributed by atoms with Gasteiger partial charge in [0.25, 0.3) is 0 Å². The first-order valence-corrected chi connectivity index (χ1v) is 5.45. The molecule has 0 unspecified atom stereocenters. The Labute approximate surface area is 93.3 Å². The molecule has 1 aromatic carbocycles. The van der Waals surface area contributed by atoms with Gasteiger partial charge in [0.1, 0.15) is 0 Å². The number of benzene rings is 1. The normalized spacial score (nSPS) is 11.1. The lowest BCUT2D eigenvalue weighted by atomic mass is 9.99. The molecule has 2 heteroatoms. The van der Waals surface area contributed by atoms with Crippen molar-refractivity contribution in [1.29, 1.82) is 0 Å². The molecular formula is C13H22N2. The Kier molecular flexibility index (Phi) is 4.30. The van der Waals surface area contributed by atoms with Crippen molar-refractivity contribution >= 4 is 0 Å². The number of rotatable bonds is 4. The van der Waals surface area contributed by atoms with E-state index in [1.807, 2.05) is 7.05 Å². The first-order valence-electron chi connectivity index (χ1n) is 5.45. The minimum Gasteiger partial charge on any atom is -0.307 e. The molecule has 15 heavy (non-hydrogen) atoms. The zero-order chi connectivity index (χ0) is 11.4. The van der Waals surface area contributed by atoms with Crippen molar-refractivity contribution < 1.29 is 0 Å². The summed E-state index contributed by atoms with van der Waals surface area (Å²) in [6.07, 6.45) is 0. The SMILES string of the molecule is CNCN(C)Cc1ccc(C)c(C)c1C. The molecule has 0 fully saturated rings. The Balaban J connectivity index is 2.82. The highest BCUT2D eigenvalue weighted by atomic mass is 15.2. The van der Waals surface area contributed by atoms with E-state index in [4.69, 9.17) is 0 Å². The molecule has 0 aliphatic heterocycles. The van der Waals surface area contributed by atoms with Crippen molar-refractivity contribution in [2.75, 3.05) is 20.8 Å². The van der Waals surface area contributed by atoms with E-state index in [0.717, 1.165) is 13.2 Å². The van der Waals surface area contributed by atoms with Crippen LogP contribution in [0.4, 0.5) is 0 Å². The third kappa shape index (κ3) is 3.05. The van der Waals surface area contributed by atoms with Crippen molar-refractivity contribution in [3.05, 3.63) is 34.4 Å². The Hall–Kier alpha value is -0.860. The van der Waals surface area contributed by atoms with Crippen molar-refractivity contribution in [1.82, 2.24) is 10.2 Å². The summed E-state index contributed by atoms with van der Waals surface area (Å²) in [5, 5.41) is 3.16. The minimum atomic E-state index is 0.923. The van der Waals surface area contributed by atoms with E-state index in [0.29, 0.717) is 0 Å². The zero-order valence-corrected chi connectivity index (χ0v) is 10.5. The molecule has 84 valence electrons. The van der Waals surface area contributed by atoms with Gasteiger partial charge in [-0.15, -0.1) is 0 Å². The van der Waals surface area contributed by atoms with Crippen LogP contribution in [0.25, 0.3) is 0 Å². The van der Waals surface area contributed by atoms with Crippen molar-refractivity contribution in [3.8, 4) is 0 Å². The Bertz CT molecular complexity index is 332. The Morgan fingerprint density at radius 1 is 1.13 bits per heavy atom. The van der Waals surface area contributed by atoms with Gasteiger partial charge in [-0.2, -0.15) is 0 Å². The summed E-state index contributed by atoms with van der Waals surface area (Å²) in [6.45, 7) is 8.51. The largest absolute Gasteiger partial charge is 0.307 e. The molecular weight excluding hydrogens is 184 g/mol. The van der Waals surface area contributed by atoms with Crippen LogP contribution in [-0.4, -0.2) is 25.7 Å². The number of hydrogen-bond donors (Lipinski definition) is 1. The average molecular weight is 206 g/mol. The van der Waals surface area contributed by atoms with E-state index >= 15 is 0 Å². The molecule has 1 N–H and O–H groups in total. The van der Waals surface area contributed by atoms with Gasteiger partial charge in [0.15, 0.2) is 0 Å². The van der Waals surface area contributed by atoms with Gasteiger partial charge in [0.2, 0.25) is 0 Å². The minimum absolute atomic E-state index is 0.923. The van der Waals surface area contributed by atoms with Gasteiger partial charge >= 0.3 is 0 Å². The molecule has 0 aliphatic carbocycles. The van der Waals surface area contributed by atoms with E-state index in [9.17, 15) is 0 Å². The van der Waals surface area contributed by atoms with Crippen LogP contribution in [-0.2, 0) is 6.54 Å². The maximum Gasteiger partial charge on any atom is 0.0478 e. The monoisotopic (exact) mass is 206 g/mol. The van der Waals surface area contributed by atoms with Gasteiger partial charge in [0.05, 0.1) is 0 Å². The highest BCUT2D eigenvalue weighted by Gasteiger charge is 2.05. The molecule has 0 saturated carbocycles. The van der Waals surface area contributed by atoms with Gasteiger partial charge in [-0.3, -0.25) is 4.90 Å². The van der Waals surface area contributed by atoms with E-state index in [1.165, 1.54) is 22.3 Å². The topological polar surface area (TPSA) is 15.3 Å². The lowest BCUT2D eigenvalue weighted by Crippen LogP contribution is -2.28. The average Bonchev–Trinajstić information content (AvgIpc) is 2.20. The van der Waals surface area contributed by atoms with Crippen LogP contribution in [0.15, 0.2) is 12.1 Å². The summed E-state index contributed by atoms with van der Waals surface area (Å²) >= 11 is 0. The van der Waals surface area contributed by atoms with Crippen LogP contribution in [0.5, 0.6) is 0 Å². The predicted octanol–water partition coefficient (Wildman–Crippen LogP) is 2.22. The summed E-state index contributed by atoms with van der Waals surface area (Å²) in [6, 6.07) is 4.45. The summed E-state index contributed by atoms with van der Waals surface area (Å²) < 4.78 is 0. The second-order valence-corrected chi connectivity index (χ2v) is 4.32. The molecule has 0 radical (unpaired) electrons. The van der Waals surface area contributed by atoms with Crippen molar-refractivity contribution in [3.63, 3.8) is 0 Å². The maximum absolute atomic E-state index is 3.16. The lowest BCUT2D eigenvalue weighted by molar-refractivity contribution is 0.309. The van der Waals surface area contributed by atoms with Crippen LogP contribution in [0.3, 0.4) is 0 Å². The smallest absolute Gasteiger partial charge is 0.0478 e. The van der Waals surface area contributed by atoms with Crippen LogP contribution in [0, 0.1) is 20.8 Å². The Morgan fingerprint density at radius 2 is 1.80 bits per heavy atom. The van der Waals surface area contributed by atoms with Crippen LogP contribution >= 0.6 is 0 Å². The second kappa shape index (κ2) is 5.29. The van der Waals surface area contributed by atoms with Gasteiger partial charge in [-0.25, -0.2) is 0 Å².